The van der Waals surface area contributed by atoms with Gasteiger partial charge in [-0.3, -0.25) is 0 Å². The molecule has 0 saturated carbocycles. The van der Waals surface area contributed by atoms with Crippen molar-refractivity contribution in [2.24, 2.45) is 0 Å². The van der Waals surface area contributed by atoms with Crippen molar-refractivity contribution in [3.8, 4) is 11.5 Å². The normalized spacial score (nSPS) is 12.7. The summed E-state index contributed by atoms with van der Waals surface area (Å²) >= 11 is 5.75. The van der Waals surface area contributed by atoms with Crippen LogP contribution in [0.1, 0.15) is 11.1 Å². The summed E-state index contributed by atoms with van der Waals surface area (Å²) in [6, 6.07) is 10.5. The predicted octanol–water partition coefficient (Wildman–Crippen LogP) is 3.50. The van der Waals surface area contributed by atoms with Crippen LogP contribution in [0.15, 0.2) is 36.4 Å². The topological polar surface area (TPSA) is 30.5 Å². The molecule has 0 atom stereocenters. The third kappa shape index (κ3) is 2.71. The molecule has 0 saturated heterocycles. The summed E-state index contributed by atoms with van der Waals surface area (Å²) in [6.07, 6.45) is 0. The van der Waals surface area contributed by atoms with Crippen LogP contribution >= 0.6 is 11.6 Å². The Labute approximate surface area is 121 Å². The molecule has 0 radical (unpaired) electrons. The molecule has 0 aromatic heterocycles. The van der Waals surface area contributed by atoms with E-state index in [0.717, 1.165) is 22.6 Å². The molecule has 0 aliphatic carbocycles. The number of hydrogen-bond acceptors (Lipinski definition) is 3. The maximum Gasteiger partial charge on any atom is 0.231 e. The van der Waals surface area contributed by atoms with Gasteiger partial charge in [-0.1, -0.05) is 29.8 Å². The number of halogens is 2. The Morgan fingerprint density at radius 2 is 2.05 bits per heavy atom. The van der Waals surface area contributed by atoms with Crippen molar-refractivity contribution in [2.75, 3.05) is 6.79 Å². The molecular formula is C15H13ClFNO2. The van der Waals surface area contributed by atoms with Crippen LogP contribution in [0, 0.1) is 5.82 Å². The summed E-state index contributed by atoms with van der Waals surface area (Å²) < 4.78 is 23.8. The van der Waals surface area contributed by atoms with Crippen LogP contribution < -0.4 is 14.8 Å². The van der Waals surface area contributed by atoms with E-state index in [4.69, 9.17) is 21.1 Å². The summed E-state index contributed by atoms with van der Waals surface area (Å²) in [5.74, 6) is 1.16. The van der Waals surface area contributed by atoms with Crippen molar-refractivity contribution in [3.05, 3.63) is 58.4 Å². The van der Waals surface area contributed by atoms with Crippen LogP contribution in [0.4, 0.5) is 4.39 Å². The van der Waals surface area contributed by atoms with Gasteiger partial charge in [0.1, 0.15) is 5.82 Å². The molecule has 0 bridgehead atoms. The van der Waals surface area contributed by atoms with Crippen molar-refractivity contribution < 1.29 is 13.9 Å². The summed E-state index contributed by atoms with van der Waals surface area (Å²) in [5.41, 5.74) is 1.97. The Balaban J connectivity index is 1.63. The first-order chi connectivity index (χ1) is 9.74. The molecule has 1 aliphatic rings. The minimum absolute atomic E-state index is 0.140. The van der Waals surface area contributed by atoms with E-state index >= 15 is 0 Å². The first-order valence-electron chi connectivity index (χ1n) is 6.26. The quantitative estimate of drug-likeness (QED) is 0.936. The van der Waals surface area contributed by atoms with E-state index in [9.17, 15) is 4.39 Å². The van der Waals surface area contributed by atoms with E-state index in [1.807, 2.05) is 18.2 Å². The number of fused-ring (bicyclic) bond motifs is 1. The van der Waals surface area contributed by atoms with Crippen LogP contribution in [0.25, 0.3) is 0 Å². The van der Waals surface area contributed by atoms with Crippen LogP contribution in [0.2, 0.25) is 5.02 Å². The van der Waals surface area contributed by atoms with Gasteiger partial charge >= 0.3 is 0 Å². The highest BCUT2D eigenvalue weighted by molar-refractivity contribution is 6.30. The molecule has 0 spiro atoms. The molecule has 3 rings (SSSR count). The van der Waals surface area contributed by atoms with Gasteiger partial charge in [0.2, 0.25) is 6.79 Å². The molecule has 2 aromatic carbocycles. The second kappa shape index (κ2) is 5.69. The average molecular weight is 294 g/mol. The zero-order valence-corrected chi connectivity index (χ0v) is 11.4. The Morgan fingerprint density at radius 3 is 2.90 bits per heavy atom. The zero-order chi connectivity index (χ0) is 13.9. The van der Waals surface area contributed by atoms with Gasteiger partial charge in [-0.2, -0.15) is 0 Å². The molecular weight excluding hydrogens is 281 g/mol. The fourth-order valence-electron chi connectivity index (χ4n) is 2.12. The summed E-state index contributed by atoms with van der Waals surface area (Å²) in [7, 11) is 0. The summed E-state index contributed by atoms with van der Waals surface area (Å²) in [4.78, 5) is 0. The number of rotatable bonds is 4. The van der Waals surface area contributed by atoms with Crippen molar-refractivity contribution in [2.45, 2.75) is 13.1 Å². The van der Waals surface area contributed by atoms with Crippen LogP contribution in [-0.2, 0) is 13.1 Å². The third-order valence-electron chi connectivity index (χ3n) is 3.11. The SMILES string of the molecule is Fc1ccc(CNCc2cccc3c2OCO3)cc1Cl. The number of para-hydroxylation sites is 1. The second-order valence-corrected chi connectivity index (χ2v) is 4.91. The van der Waals surface area contributed by atoms with Crippen molar-refractivity contribution in [1.82, 2.24) is 5.32 Å². The number of hydrogen-bond donors (Lipinski definition) is 1. The van der Waals surface area contributed by atoms with Gasteiger partial charge in [0.15, 0.2) is 11.5 Å². The first kappa shape index (κ1) is 13.2. The molecule has 0 amide bonds. The van der Waals surface area contributed by atoms with Crippen molar-refractivity contribution >= 4 is 11.6 Å². The minimum atomic E-state index is -0.401. The molecule has 2 aromatic rings. The first-order valence-corrected chi connectivity index (χ1v) is 6.64. The molecule has 1 heterocycles. The van der Waals surface area contributed by atoms with E-state index in [1.165, 1.54) is 6.07 Å². The van der Waals surface area contributed by atoms with Gasteiger partial charge in [-0.05, 0) is 23.8 Å². The Kier molecular flexibility index (Phi) is 3.76. The standard InChI is InChI=1S/C15H13ClFNO2/c16-12-6-10(4-5-13(12)17)7-18-8-11-2-1-3-14-15(11)20-9-19-14/h1-6,18H,7-9H2. The predicted molar refractivity (Wildman–Crippen MR) is 74.5 cm³/mol. The van der Waals surface area contributed by atoms with E-state index in [2.05, 4.69) is 5.32 Å². The third-order valence-corrected chi connectivity index (χ3v) is 3.40. The highest BCUT2D eigenvalue weighted by Crippen LogP contribution is 2.35. The minimum Gasteiger partial charge on any atom is -0.454 e. The lowest BCUT2D eigenvalue weighted by atomic mass is 10.1. The lowest BCUT2D eigenvalue weighted by Crippen LogP contribution is -2.13. The van der Waals surface area contributed by atoms with Gasteiger partial charge in [0, 0.05) is 18.7 Å². The maximum atomic E-state index is 13.1. The molecule has 0 unspecified atom stereocenters. The number of ether oxygens (including phenoxy) is 2. The molecule has 104 valence electrons. The lowest BCUT2D eigenvalue weighted by Gasteiger charge is -2.08. The van der Waals surface area contributed by atoms with E-state index in [0.29, 0.717) is 13.1 Å². The second-order valence-electron chi connectivity index (χ2n) is 4.50. The van der Waals surface area contributed by atoms with Crippen molar-refractivity contribution in [1.29, 1.82) is 0 Å². The van der Waals surface area contributed by atoms with Gasteiger partial charge in [0.05, 0.1) is 5.02 Å². The molecule has 1 aliphatic heterocycles. The Bertz CT molecular complexity index is 633. The highest BCUT2D eigenvalue weighted by atomic mass is 35.5. The Morgan fingerprint density at radius 1 is 1.15 bits per heavy atom. The van der Waals surface area contributed by atoms with Crippen LogP contribution in [-0.4, -0.2) is 6.79 Å². The Hall–Kier alpha value is -1.78. The lowest BCUT2D eigenvalue weighted by molar-refractivity contribution is 0.173. The largest absolute Gasteiger partial charge is 0.454 e. The van der Waals surface area contributed by atoms with Gasteiger partial charge < -0.3 is 14.8 Å². The maximum absolute atomic E-state index is 13.1. The van der Waals surface area contributed by atoms with Crippen LogP contribution in [0.5, 0.6) is 11.5 Å². The summed E-state index contributed by atoms with van der Waals surface area (Å²) in [5, 5.41) is 3.42. The van der Waals surface area contributed by atoms with E-state index < -0.39 is 5.82 Å². The fourth-order valence-corrected chi connectivity index (χ4v) is 2.32. The fraction of sp³-hybridized carbons (Fsp3) is 0.200. The van der Waals surface area contributed by atoms with Gasteiger partial charge in [-0.15, -0.1) is 0 Å². The molecule has 3 nitrogen and oxygen atoms in total. The zero-order valence-electron chi connectivity index (χ0n) is 10.7. The smallest absolute Gasteiger partial charge is 0.231 e. The van der Waals surface area contributed by atoms with Crippen LogP contribution in [0.3, 0.4) is 0 Å². The highest BCUT2D eigenvalue weighted by Gasteiger charge is 2.16. The average Bonchev–Trinajstić information content (AvgIpc) is 2.92. The van der Waals surface area contributed by atoms with Gasteiger partial charge in [-0.25, -0.2) is 4.39 Å². The monoisotopic (exact) mass is 293 g/mol. The summed E-state index contributed by atoms with van der Waals surface area (Å²) in [6.45, 7) is 1.51. The van der Waals surface area contributed by atoms with Crippen molar-refractivity contribution in [3.63, 3.8) is 0 Å². The number of nitrogens with one attached hydrogen (secondary N) is 1. The molecule has 20 heavy (non-hydrogen) atoms. The van der Waals surface area contributed by atoms with E-state index in [-0.39, 0.29) is 11.8 Å². The van der Waals surface area contributed by atoms with E-state index in [1.54, 1.807) is 12.1 Å². The molecule has 1 N–H and O–H groups in total. The molecule has 5 heteroatoms. The number of benzene rings is 2. The molecule has 0 fully saturated rings. The van der Waals surface area contributed by atoms with Gasteiger partial charge in [0.25, 0.3) is 0 Å².